The molecule has 4 aromatic rings. The average Bonchev–Trinajstić information content (AvgIpc) is 3.43. The molecule has 4 rings (SSSR count). The van der Waals surface area contributed by atoms with Gasteiger partial charge in [0.05, 0.1) is 23.9 Å². The van der Waals surface area contributed by atoms with Gasteiger partial charge in [-0.3, -0.25) is 19.0 Å². The lowest BCUT2D eigenvalue weighted by atomic mass is 10.1. The van der Waals surface area contributed by atoms with Crippen molar-refractivity contribution in [1.82, 2.24) is 9.55 Å². The number of aromatic nitrogens is 2. The van der Waals surface area contributed by atoms with Crippen LogP contribution in [0.15, 0.2) is 47.5 Å². The Morgan fingerprint density at radius 2 is 1.89 bits per heavy atom. The predicted octanol–water partition coefficient (Wildman–Crippen LogP) is 3.04. The van der Waals surface area contributed by atoms with Crippen molar-refractivity contribution in [3.63, 3.8) is 0 Å². The molecule has 0 aliphatic carbocycles. The van der Waals surface area contributed by atoms with Gasteiger partial charge in [-0.05, 0) is 24.1 Å². The number of ether oxygens (including phenoxy) is 2. The highest BCUT2D eigenvalue weighted by molar-refractivity contribution is 7.20. The van der Waals surface area contributed by atoms with Crippen LogP contribution in [0.4, 0.5) is 5.00 Å². The van der Waals surface area contributed by atoms with Crippen LogP contribution in [0.1, 0.15) is 25.6 Å². The zero-order valence-electron chi connectivity index (χ0n) is 19.4. The minimum absolute atomic E-state index is 0.0862. The van der Waals surface area contributed by atoms with Gasteiger partial charge in [-0.1, -0.05) is 30.3 Å². The number of primary amides is 1. The molecule has 0 spiro atoms. The minimum Gasteiger partial charge on any atom is -0.459 e. The largest absolute Gasteiger partial charge is 0.459 e. The van der Waals surface area contributed by atoms with E-state index in [1.807, 2.05) is 30.3 Å². The number of carbonyl (C=O) groups excluding carboxylic acids is 3. The summed E-state index contributed by atoms with van der Waals surface area (Å²) in [6.45, 7) is 1.63. The Morgan fingerprint density at radius 1 is 1.14 bits per heavy atom. The van der Waals surface area contributed by atoms with Crippen LogP contribution in [-0.2, 0) is 20.8 Å². The number of anilines is 1. The number of methoxy groups -OCH3 is 1. The molecule has 0 saturated heterocycles. The number of fused-ring (bicyclic) bond motifs is 1. The quantitative estimate of drug-likeness (QED) is 0.252. The SMILES string of the molecule is COCCOC(=O)c1sc2ncn(CC(=O)Nc3sc(-c4ccccc4)cc3C(N)=O)c(=O)c2c1C. The van der Waals surface area contributed by atoms with E-state index in [-0.39, 0.29) is 35.6 Å². The maximum absolute atomic E-state index is 13.1. The maximum Gasteiger partial charge on any atom is 0.348 e. The molecule has 10 nitrogen and oxygen atoms in total. The highest BCUT2D eigenvalue weighted by Crippen LogP contribution is 2.35. The Balaban J connectivity index is 1.56. The fraction of sp³-hybridized carbons (Fsp3) is 0.208. The third-order valence-corrected chi connectivity index (χ3v) is 7.53. The molecule has 186 valence electrons. The number of hydrogen-bond acceptors (Lipinski definition) is 9. The van der Waals surface area contributed by atoms with E-state index in [1.54, 1.807) is 13.0 Å². The van der Waals surface area contributed by atoms with Crippen LogP contribution in [0.25, 0.3) is 20.7 Å². The molecule has 36 heavy (non-hydrogen) atoms. The molecule has 12 heteroatoms. The number of nitrogens with two attached hydrogens (primary N) is 1. The number of benzene rings is 1. The number of rotatable bonds is 9. The lowest BCUT2D eigenvalue weighted by molar-refractivity contribution is -0.116. The van der Waals surface area contributed by atoms with Gasteiger partial charge in [0.25, 0.3) is 11.5 Å². The molecule has 3 aromatic heterocycles. The zero-order valence-corrected chi connectivity index (χ0v) is 21.0. The van der Waals surface area contributed by atoms with Crippen LogP contribution in [0.5, 0.6) is 0 Å². The summed E-state index contributed by atoms with van der Waals surface area (Å²) in [4.78, 5) is 55.9. The van der Waals surface area contributed by atoms with Gasteiger partial charge in [-0.2, -0.15) is 0 Å². The molecule has 0 bridgehead atoms. The van der Waals surface area contributed by atoms with Crippen LogP contribution >= 0.6 is 22.7 Å². The highest BCUT2D eigenvalue weighted by atomic mass is 32.1. The smallest absolute Gasteiger partial charge is 0.348 e. The van der Waals surface area contributed by atoms with Gasteiger partial charge >= 0.3 is 5.97 Å². The fourth-order valence-electron chi connectivity index (χ4n) is 3.48. The number of carbonyl (C=O) groups is 3. The average molecular weight is 527 g/mol. The fourth-order valence-corrected chi connectivity index (χ4v) is 5.60. The number of nitrogens with zero attached hydrogens (tertiary/aromatic N) is 2. The number of thiophene rings is 2. The van der Waals surface area contributed by atoms with E-state index in [9.17, 15) is 19.2 Å². The van der Waals surface area contributed by atoms with E-state index in [2.05, 4.69) is 10.3 Å². The minimum atomic E-state index is -0.678. The van der Waals surface area contributed by atoms with Crippen LogP contribution in [0, 0.1) is 6.92 Å². The van der Waals surface area contributed by atoms with E-state index in [4.69, 9.17) is 15.2 Å². The molecular formula is C24H22N4O6S2. The molecule has 0 fully saturated rings. The Bertz CT molecular complexity index is 1510. The molecule has 0 atom stereocenters. The molecule has 3 N–H and O–H groups in total. The van der Waals surface area contributed by atoms with E-state index >= 15 is 0 Å². The molecular weight excluding hydrogens is 504 g/mol. The van der Waals surface area contributed by atoms with Gasteiger partial charge in [0.15, 0.2) is 0 Å². The second-order valence-corrected chi connectivity index (χ2v) is 9.73. The summed E-state index contributed by atoms with van der Waals surface area (Å²) in [7, 11) is 1.50. The monoisotopic (exact) mass is 526 g/mol. The standard InChI is InChI=1S/C24H22N4O6S2/c1-13-18-22(36-19(13)24(32)34-9-8-33-2)26-12-28(23(18)31)11-17(29)27-21-15(20(25)30)10-16(35-21)14-6-4-3-5-7-14/h3-7,10,12H,8-9,11H2,1-2H3,(H2,25,30)(H,27,29). The van der Waals surface area contributed by atoms with Crippen molar-refractivity contribution in [2.45, 2.75) is 13.5 Å². The molecule has 0 radical (unpaired) electrons. The van der Waals surface area contributed by atoms with Gasteiger partial charge in [0.1, 0.15) is 27.9 Å². The summed E-state index contributed by atoms with van der Waals surface area (Å²) in [6, 6.07) is 11.0. The third-order valence-electron chi connectivity index (χ3n) is 5.25. The van der Waals surface area contributed by atoms with E-state index in [0.29, 0.717) is 15.4 Å². The van der Waals surface area contributed by atoms with Crippen molar-refractivity contribution in [2.24, 2.45) is 5.73 Å². The summed E-state index contributed by atoms with van der Waals surface area (Å²) in [5.41, 5.74) is 6.53. The molecule has 0 aliphatic rings. The van der Waals surface area contributed by atoms with Crippen LogP contribution in [0.2, 0.25) is 0 Å². The first-order valence-corrected chi connectivity index (χ1v) is 12.4. The van der Waals surface area contributed by atoms with Crippen LogP contribution in [-0.4, -0.2) is 47.7 Å². The number of esters is 1. The van der Waals surface area contributed by atoms with Crippen molar-refractivity contribution in [1.29, 1.82) is 0 Å². The molecule has 0 saturated carbocycles. The maximum atomic E-state index is 13.1. The number of nitrogens with one attached hydrogen (secondary N) is 1. The molecule has 3 heterocycles. The Kier molecular flexibility index (Phi) is 7.58. The highest BCUT2D eigenvalue weighted by Gasteiger charge is 2.22. The summed E-state index contributed by atoms with van der Waals surface area (Å²) < 4.78 is 11.2. The van der Waals surface area contributed by atoms with E-state index in [1.165, 1.54) is 24.8 Å². The molecule has 1 aromatic carbocycles. The van der Waals surface area contributed by atoms with Crippen molar-refractivity contribution < 1.29 is 23.9 Å². The zero-order chi connectivity index (χ0) is 25.8. The first-order valence-electron chi connectivity index (χ1n) is 10.7. The van der Waals surface area contributed by atoms with Crippen molar-refractivity contribution in [2.75, 3.05) is 25.6 Å². The second kappa shape index (κ2) is 10.8. The van der Waals surface area contributed by atoms with Gasteiger partial charge in [0, 0.05) is 12.0 Å². The van der Waals surface area contributed by atoms with E-state index in [0.717, 1.165) is 26.3 Å². The Morgan fingerprint density at radius 3 is 2.58 bits per heavy atom. The number of hydrogen-bond donors (Lipinski definition) is 2. The second-order valence-electron chi connectivity index (χ2n) is 7.67. The van der Waals surface area contributed by atoms with Crippen molar-refractivity contribution >= 4 is 55.7 Å². The van der Waals surface area contributed by atoms with E-state index < -0.39 is 23.3 Å². The predicted molar refractivity (Wildman–Crippen MR) is 138 cm³/mol. The summed E-state index contributed by atoms with van der Waals surface area (Å²) in [5, 5.41) is 3.22. The summed E-state index contributed by atoms with van der Waals surface area (Å²) >= 11 is 2.26. The topological polar surface area (TPSA) is 143 Å². The molecule has 0 unspecified atom stereocenters. The van der Waals surface area contributed by atoms with Gasteiger partial charge in [-0.15, -0.1) is 22.7 Å². The van der Waals surface area contributed by atoms with Crippen LogP contribution in [0.3, 0.4) is 0 Å². The van der Waals surface area contributed by atoms with Crippen molar-refractivity contribution in [3.05, 3.63) is 69.1 Å². The Hall–Kier alpha value is -3.87. The van der Waals surface area contributed by atoms with Gasteiger partial charge < -0.3 is 20.5 Å². The number of aryl methyl sites for hydroxylation is 1. The van der Waals surface area contributed by atoms with Crippen LogP contribution < -0.4 is 16.6 Å². The van der Waals surface area contributed by atoms with Gasteiger partial charge in [0.2, 0.25) is 5.91 Å². The first-order chi connectivity index (χ1) is 17.3. The first kappa shape index (κ1) is 25.2. The lowest BCUT2D eigenvalue weighted by Crippen LogP contribution is -2.28. The summed E-state index contributed by atoms with van der Waals surface area (Å²) in [6.07, 6.45) is 1.25. The number of amides is 2. The lowest BCUT2D eigenvalue weighted by Gasteiger charge is -2.07. The Labute approximate surface area is 213 Å². The van der Waals surface area contributed by atoms with Gasteiger partial charge in [-0.25, -0.2) is 9.78 Å². The van der Waals surface area contributed by atoms with Crippen molar-refractivity contribution in [3.8, 4) is 10.4 Å². The third kappa shape index (κ3) is 5.20. The molecule has 0 aliphatic heterocycles. The summed E-state index contributed by atoms with van der Waals surface area (Å²) in [5.74, 6) is -1.78. The molecule has 2 amide bonds. The normalized spacial score (nSPS) is 10.9.